The number of nitrogens with zero attached hydrogens (tertiary/aromatic N) is 1. The Morgan fingerprint density at radius 1 is 1.33 bits per heavy atom. The minimum Gasteiger partial charge on any atom is -0.348 e. The molecule has 2 rings (SSSR count). The van der Waals surface area contributed by atoms with Gasteiger partial charge in [0.1, 0.15) is 5.69 Å². The number of amides is 1. The molecule has 2 N–H and O–H groups in total. The second kappa shape index (κ2) is 4.83. The molecule has 5 nitrogen and oxygen atoms in total. The van der Waals surface area contributed by atoms with E-state index in [0.29, 0.717) is 22.6 Å². The molecule has 0 atom stereocenters. The first-order chi connectivity index (χ1) is 8.58. The summed E-state index contributed by atoms with van der Waals surface area (Å²) in [5, 5.41) is 2.71. The fourth-order valence-electron chi connectivity index (χ4n) is 1.59. The summed E-state index contributed by atoms with van der Waals surface area (Å²) in [6.07, 6.45) is 1.47. The number of carbonyl (C=O) groups is 2. The number of carbonyl (C=O) groups excluding carboxylic acids is 2. The molecular weight excluding hydrogens is 230 g/mol. The Bertz CT molecular complexity index is 602. The summed E-state index contributed by atoms with van der Waals surface area (Å²) >= 11 is 0. The Morgan fingerprint density at radius 2 is 2.11 bits per heavy atom. The molecule has 1 aromatic carbocycles. The number of ketones is 1. The topological polar surface area (TPSA) is 74.8 Å². The van der Waals surface area contributed by atoms with Crippen LogP contribution in [-0.4, -0.2) is 21.7 Å². The minimum atomic E-state index is -0.297. The Kier molecular flexibility index (Phi) is 3.23. The third kappa shape index (κ3) is 2.45. The van der Waals surface area contributed by atoms with Crippen LogP contribution in [0.3, 0.4) is 0 Å². The molecule has 2 aromatic rings. The van der Waals surface area contributed by atoms with E-state index in [4.69, 9.17) is 0 Å². The van der Waals surface area contributed by atoms with Crippen LogP contribution in [0.15, 0.2) is 30.6 Å². The van der Waals surface area contributed by atoms with Crippen molar-refractivity contribution in [3.63, 3.8) is 0 Å². The third-order valence-corrected chi connectivity index (χ3v) is 2.57. The number of benzene rings is 1. The maximum Gasteiger partial charge on any atom is 0.276 e. The van der Waals surface area contributed by atoms with E-state index in [1.54, 1.807) is 31.2 Å². The van der Waals surface area contributed by atoms with Crippen LogP contribution in [-0.2, 0) is 0 Å². The number of nitrogens with one attached hydrogen (secondary N) is 2. The molecule has 18 heavy (non-hydrogen) atoms. The average molecular weight is 243 g/mol. The summed E-state index contributed by atoms with van der Waals surface area (Å²) in [6.45, 7) is 3.26. The van der Waals surface area contributed by atoms with E-state index in [1.165, 1.54) is 13.3 Å². The highest BCUT2D eigenvalue weighted by molar-refractivity contribution is 6.04. The zero-order chi connectivity index (χ0) is 13.1. The average Bonchev–Trinajstić information content (AvgIpc) is 2.76. The number of hydrogen-bond acceptors (Lipinski definition) is 3. The Morgan fingerprint density at radius 3 is 2.72 bits per heavy atom. The zero-order valence-electron chi connectivity index (χ0n) is 10.2. The van der Waals surface area contributed by atoms with E-state index >= 15 is 0 Å². The lowest BCUT2D eigenvalue weighted by Gasteiger charge is -2.05. The molecule has 0 unspecified atom stereocenters. The first kappa shape index (κ1) is 12.0. The molecule has 5 heteroatoms. The Hall–Kier alpha value is -2.43. The summed E-state index contributed by atoms with van der Waals surface area (Å²) in [5.41, 5.74) is 2.19. The molecule has 0 aliphatic heterocycles. The van der Waals surface area contributed by atoms with Gasteiger partial charge in [-0.05, 0) is 26.0 Å². The molecule has 92 valence electrons. The summed E-state index contributed by atoms with van der Waals surface area (Å²) in [4.78, 5) is 29.9. The molecule has 0 aliphatic rings. The van der Waals surface area contributed by atoms with E-state index in [1.807, 2.05) is 0 Å². The Balaban J connectivity index is 2.20. The molecule has 0 saturated carbocycles. The van der Waals surface area contributed by atoms with Crippen LogP contribution >= 0.6 is 0 Å². The van der Waals surface area contributed by atoms with Crippen molar-refractivity contribution in [2.75, 3.05) is 5.32 Å². The van der Waals surface area contributed by atoms with Crippen LogP contribution < -0.4 is 5.32 Å². The van der Waals surface area contributed by atoms with Crippen LogP contribution in [0.5, 0.6) is 0 Å². The molecule has 0 fully saturated rings. The molecule has 1 aromatic heterocycles. The first-order valence-electron chi connectivity index (χ1n) is 5.50. The van der Waals surface area contributed by atoms with Crippen molar-refractivity contribution in [2.24, 2.45) is 0 Å². The summed E-state index contributed by atoms with van der Waals surface area (Å²) in [6, 6.07) is 6.80. The maximum atomic E-state index is 11.9. The zero-order valence-corrected chi connectivity index (χ0v) is 10.2. The number of aromatic amines is 1. The lowest BCUT2D eigenvalue weighted by Crippen LogP contribution is -2.13. The summed E-state index contributed by atoms with van der Waals surface area (Å²) in [7, 11) is 0. The molecule has 0 radical (unpaired) electrons. The number of rotatable bonds is 3. The summed E-state index contributed by atoms with van der Waals surface area (Å²) < 4.78 is 0. The van der Waals surface area contributed by atoms with Crippen LogP contribution in [0.25, 0.3) is 0 Å². The van der Waals surface area contributed by atoms with Gasteiger partial charge in [-0.15, -0.1) is 0 Å². The van der Waals surface area contributed by atoms with Gasteiger partial charge in [-0.3, -0.25) is 9.59 Å². The fraction of sp³-hybridized carbons (Fsp3) is 0.154. The van der Waals surface area contributed by atoms with Crippen LogP contribution in [0, 0.1) is 6.92 Å². The second-order valence-electron chi connectivity index (χ2n) is 3.97. The van der Waals surface area contributed by atoms with Gasteiger partial charge in [0.05, 0.1) is 6.33 Å². The number of imidazole rings is 1. The SMILES string of the molecule is CC(=O)c1cccc(NC(=O)c2nc[nH]c2C)c1. The van der Waals surface area contributed by atoms with Crippen molar-refractivity contribution in [3.8, 4) is 0 Å². The van der Waals surface area contributed by atoms with Gasteiger partial charge in [-0.25, -0.2) is 4.98 Å². The van der Waals surface area contributed by atoms with E-state index < -0.39 is 0 Å². The van der Waals surface area contributed by atoms with E-state index in [2.05, 4.69) is 15.3 Å². The molecule has 0 bridgehead atoms. The molecule has 0 aliphatic carbocycles. The van der Waals surface area contributed by atoms with Gasteiger partial charge in [0, 0.05) is 16.9 Å². The largest absolute Gasteiger partial charge is 0.348 e. The fourth-order valence-corrected chi connectivity index (χ4v) is 1.59. The van der Waals surface area contributed by atoms with Crippen molar-refractivity contribution >= 4 is 17.4 Å². The monoisotopic (exact) mass is 243 g/mol. The minimum absolute atomic E-state index is 0.0398. The quantitative estimate of drug-likeness (QED) is 0.811. The number of H-pyrrole nitrogens is 1. The molecular formula is C13H13N3O2. The predicted octanol–water partition coefficient (Wildman–Crippen LogP) is 2.17. The first-order valence-corrected chi connectivity index (χ1v) is 5.50. The third-order valence-electron chi connectivity index (χ3n) is 2.57. The standard InChI is InChI=1S/C13H13N3O2/c1-8-12(15-7-14-8)13(18)16-11-5-3-4-10(6-11)9(2)17/h3-7H,1-2H3,(H,14,15)(H,16,18). The highest BCUT2D eigenvalue weighted by atomic mass is 16.2. The van der Waals surface area contributed by atoms with Crippen LogP contribution in [0.1, 0.15) is 33.5 Å². The van der Waals surface area contributed by atoms with Crippen molar-refractivity contribution in [1.29, 1.82) is 0 Å². The van der Waals surface area contributed by atoms with Gasteiger partial charge in [0.2, 0.25) is 0 Å². The van der Waals surface area contributed by atoms with Gasteiger partial charge < -0.3 is 10.3 Å². The van der Waals surface area contributed by atoms with Gasteiger partial charge in [0.25, 0.3) is 5.91 Å². The van der Waals surface area contributed by atoms with Gasteiger partial charge in [-0.2, -0.15) is 0 Å². The van der Waals surface area contributed by atoms with Gasteiger partial charge in [0.15, 0.2) is 5.78 Å². The van der Waals surface area contributed by atoms with E-state index in [9.17, 15) is 9.59 Å². The maximum absolute atomic E-state index is 11.9. The number of aromatic nitrogens is 2. The van der Waals surface area contributed by atoms with Gasteiger partial charge in [-0.1, -0.05) is 12.1 Å². The second-order valence-corrected chi connectivity index (χ2v) is 3.97. The predicted molar refractivity (Wildman–Crippen MR) is 67.7 cm³/mol. The van der Waals surface area contributed by atoms with Crippen molar-refractivity contribution in [2.45, 2.75) is 13.8 Å². The molecule has 1 amide bonds. The lowest BCUT2D eigenvalue weighted by molar-refractivity contribution is 0.100. The number of Topliss-reactive ketones (excluding diaryl/α,β-unsaturated/α-hetero) is 1. The number of aryl methyl sites for hydroxylation is 1. The van der Waals surface area contributed by atoms with Crippen molar-refractivity contribution in [3.05, 3.63) is 47.5 Å². The number of anilines is 1. The van der Waals surface area contributed by atoms with E-state index in [0.717, 1.165) is 0 Å². The smallest absolute Gasteiger partial charge is 0.276 e. The van der Waals surface area contributed by atoms with Crippen molar-refractivity contribution in [1.82, 2.24) is 9.97 Å². The number of hydrogen-bond donors (Lipinski definition) is 2. The Labute approximate surface area is 104 Å². The van der Waals surface area contributed by atoms with E-state index in [-0.39, 0.29) is 11.7 Å². The lowest BCUT2D eigenvalue weighted by atomic mass is 10.1. The normalized spacial score (nSPS) is 10.1. The molecule has 1 heterocycles. The summed E-state index contributed by atoms with van der Waals surface area (Å²) in [5.74, 6) is -0.337. The van der Waals surface area contributed by atoms with Crippen LogP contribution in [0.2, 0.25) is 0 Å². The molecule has 0 saturated heterocycles. The highest BCUT2D eigenvalue weighted by Crippen LogP contribution is 2.13. The highest BCUT2D eigenvalue weighted by Gasteiger charge is 2.12. The van der Waals surface area contributed by atoms with Crippen molar-refractivity contribution < 1.29 is 9.59 Å². The molecule has 0 spiro atoms. The van der Waals surface area contributed by atoms with Gasteiger partial charge >= 0.3 is 0 Å². The van der Waals surface area contributed by atoms with Crippen LogP contribution in [0.4, 0.5) is 5.69 Å².